The highest BCUT2D eigenvalue weighted by atomic mass is 32.2. The number of carbonyl (C=O) groups is 3. The predicted octanol–water partition coefficient (Wildman–Crippen LogP) is 8.01. The maximum atomic E-state index is 12.7. The lowest BCUT2D eigenvalue weighted by molar-refractivity contribution is -0.117. The topological polar surface area (TPSA) is 75.3 Å². The van der Waals surface area contributed by atoms with Crippen LogP contribution in [0.15, 0.2) is 97.1 Å². The molecule has 0 fully saturated rings. The Bertz CT molecular complexity index is 1320. The van der Waals surface area contributed by atoms with Crippen molar-refractivity contribution in [3.05, 3.63) is 130 Å². The third kappa shape index (κ3) is 9.14. The zero-order chi connectivity index (χ0) is 28.3. The molecule has 0 heterocycles. The van der Waals surface area contributed by atoms with Crippen LogP contribution in [0.1, 0.15) is 33.4 Å². The summed E-state index contributed by atoms with van der Waals surface area (Å²) in [6.07, 6.45) is 5.89. The number of thioether (sulfide) groups is 2. The van der Waals surface area contributed by atoms with Crippen LogP contribution in [0.25, 0.3) is 0 Å². The normalized spacial score (nSPS) is 10.7. The van der Waals surface area contributed by atoms with E-state index in [1.54, 1.807) is 12.5 Å². The molecule has 0 saturated heterocycles. The van der Waals surface area contributed by atoms with Gasteiger partial charge in [-0.15, -0.1) is 0 Å². The molecule has 5 nitrogen and oxygen atoms in total. The van der Waals surface area contributed by atoms with Gasteiger partial charge in [-0.1, -0.05) is 96.3 Å². The van der Waals surface area contributed by atoms with Gasteiger partial charge in [-0.2, -0.15) is 0 Å². The van der Waals surface area contributed by atoms with E-state index in [4.69, 9.17) is 0 Å². The Morgan fingerprint density at radius 2 is 0.750 bits per heavy atom. The number of nitrogens with one attached hydrogen (secondary N) is 2. The van der Waals surface area contributed by atoms with Crippen LogP contribution < -0.4 is 10.6 Å². The third-order valence-corrected chi connectivity index (χ3v) is 7.38. The van der Waals surface area contributed by atoms with Crippen molar-refractivity contribution < 1.29 is 14.4 Å². The minimum absolute atomic E-state index is 0.0761. The molecule has 0 saturated carbocycles. The summed E-state index contributed by atoms with van der Waals surface area (Å²) in [5.74, 6) is 0.186. The Balaban J connectivity index is 1.24. The van der Waals surface area contributed by atoms with Crippen molar-refractivity contribution in [3.63, 3.8) is 0 Å². The van der Waals surface area contributed by atoms with Crippen molar-refractivity contribution in [2.75, 3.05) is 23.1 Å². The van der Waals surface area contributed by atoms with Crippen molar-refractivity contribution in [2.24, 2.45) is 0 Å². The number of carbonyl (C=O) groups excluding carboxylic acids is 3. The highest BCUT2D eigenvalue weighted by Gasteiger charge is 2.08. The van der Waals surface area contributed by atoms with Gasteiger partial charge in [-0.3, -0.25) is 14.4 Å². The zero-order valence-corrected chi connectivity index (χ0v) is 24.2. The van der Waals surface area contributed by atoms with E-state index in [0.29, 0.717) is 12.8 Å². The Morgan fingerprint density at radius 3 is 1.05 bits per heavy atom. The highest BCUT2D eigenvalue weighted by molar-refractivity contribution is 8.13. The third-order valence-electron chi connectivity index (χ3n) is 6.44. The first kappa shape index (κ1) is 29.2. The molecule has 0 radical (unpaired) electrons. The fraction of sp³-hybridized carbons (Fsp3) is 0.182. The van der Waals surface area contributed by atoms with Gasteiger partial charge in [0.2, 0.25) is 0 Å². The van der Waals surface area contributed by atoms with Gasteiger partial charge in [-0.05, 0) is 83.0 Å². The monoisotopic (exact) mass is 568 g/mol. The zero-order valence-electron chi connectivity index (χ0n) is 22.6. The van der Waals surface area contributed by atoms with Gasteiger partial charge in [0.1, 0.15) is 5.78 Å². The minimum atomic E-state index is -0.0761. The van der Waals surface area contributed by atoms with Gasteiger partial charge < -0.3 is 10.6 Å². The summed E-state index contributed by atoms with van der Waals surface area (Å²) in [6, 6.07) is 32.1. The molecule has 4 aromatic carbocycles. The maximum absolute atomic E-state index is 12.7. The fourth-order valence-electron chi connectivity index (χ4n) is 4.29. The van der Waals surface area contributed by atoms with E-state index >= 15 is 0 Å². The first-order chi connectivity index (χ1) is 19.4. The Labute approximate surface area is 244 Å². The summed E-state index contributed by atoms with van der Waals surface area (Å²) in [7, 11) is 0. The number of Topliss-reactive ketones (excluding diaryl/α,β-unsaturated/α-hetero) is 1. The molecule has 0 aliphatic carbocycles. The van der Waals surface area contributed by atoms with Gasteiger partial charge in [-0.25, -0.2) is 0 Å². The molecule has 0 bridgehead atoms. The number of hydrogen-bond donors (Lipinski definition) is 2. The lowest BCUT2D eigenvalue weighted by Gasteiger charge is -2.08. The van der Waals surface area contributed by atoms with E-state index in [1.807, 2.05) is 72.8 Å². The number of amides is 2. The number of benzene rings is 4. The Kier molecular flexibility index (Phi) is 10.6. The standard InChI is InChI=1S/C33H32N2O3S2/c1-39-32(37)34-29-15-11-25(12-16-29)19-23-3-7-27(8-4-23)21-31(36)22-28-9-5-24(6-10-28)20-26-13-17-30(18-14-26)35-33(38)40-2/h3-18H,19-22H2,1-2H3,(H,34,37)(H,35,38). The summed E-state index contributed by atoms with van der Waals surface area (Å²) < 4.78 is 0. The average Bonchev–Trinajstić information content (AvgIpc) is 2.97. The second-order valence-corrected chi connectivity index (χ2v) is 11.1. The van der Waals surface area contributed by atoms with Gasteiger partial charge in [0.15, 0.2) is 0 Å². The number of hydrogen-bond acceptors (Lipinski definition) is 5. The van der Waals surface area contributed by atoms with Crippen LogP contribution >= 0.6 is 23.5 Å². The van der Waals surface area contributed by atoms with Crippen LogP contribution in [-0.4, -0.2) is 28.8 Å². The van der Waals surface area contributed by atoms with E-state index < -0.39 is 0 Å². The van der Waals surface area contributed by atoms with Gasteiger partial charge in [0.25, 0.3) is 10.5 Å². The lowest BCUT2D eigenvalue weighted by atomic mass is 9.98. The quantitative estimate of drug-likeness (QED) is 0.203. The van der Waals surface area contributed by atoms with Gasteiger partial charge >= 0.3 is 0 Å². The number of rotatable bonds is 10. The molecule has 0 aliphatic rings. The largest absolute Gasteiger partial charge is 0.317 e. The molecule has 2 N–H and O–H groups in total. The van der Waals surface area contributed by atoms with Crippen LogP contribution in [0.2, 0.25) is 0 Å². The number of anilines is 2. The Morgan fingerprint density at radius 1 is 0.475 bits per heavy atom. The van der Waals surface area contributed by atoms with Crippen LogP contribution in [0, 0.1) is 0 Å². The van der Waals surface area contributed by atoms with Crippen molar-refractivity contribution in [2.45, 2.75) is 25.7 Å². The average molecular weight is 569 g/mol. The molecule has 0 aliphatic heterocycles. The SMILES string of the molecule is CSC(=O)Nc1ccc(Cc2ccc(CC(=O)Cc3ccc(Cc4ccc(NC(=O)SC)cc4)cc3)cc2)cc1. The molecular weight excluding hydrogens is 537 g/mol. The van der Waals surface area contributed by atoms with Crippen molar-refractivity contribution in [1.29, 1.82) is 0 Å². The summed E-state index contributed by atoms with van der Waals surface area (Å²) in [5, 5.41) is 5.50. The molecule has 4 aromatic rings. The van der Waals surface area contributed by atoms with E-state index in [0.717, 1.165) is 70.0 Å². The number of ketones is 1. The van der Waals surface area contributed by atoms with E-state index in [1.165, 1.54) is 11.1 Å². The van der Waals surface area contributed by atoms with E-state index in [-0.39, 0.29) is 16.3 Å². The fourth-order valence-corrected chi connectivity index (χ4v) is 4.73. The molecular formula is C33H32N2O3S2. The van der Waals surface area contributed by atoms with Crippen molar-refractivity contribution >= 4 is 51.2 Å². The van der Waals surface area contributed by atoms with Crippen LogP contribution in [0.3, 0.4) is 0 Å². The summed E-state index contributed by atoms with van der Waals surface area (Å²) >= 11 is 2.30. The summed E-state index contributed by atoms with van der Waals surface area (Å²) in [6.45, 7) is 0. The van der Waals surface area contributed by atoms with E-state index in [2.05, 4.69) is 34.9 Å². The van der Waals surface area contributed by atoms with Crippen LogP contribution in [-0.2, 0) is 30.5 Å². The highest BCUT2D eigenvalue weighted by Crippen LogP contribution is 2.18. The lowest BCUT2D eigenvalue weighted by Crippen LogP contribution is -2.07. The second-order valence-electron chi connectivity index (χ2n) is 9.51. The molecule has 0 spiro atoms. The molecule has 4 rings (SSSR count). The second kappa shape index (κ2) is 14.5. The van der Waals surface area contributed by atoms with Crippen LogP contribution in [0.5, 0.6) is 0 Å². The molecule has 0 atom stereocenters. The smallest absolute Gasteiger partial charge is 0.283 e. The predicted molar refractivity (Wildman–Crippen MR) is 169 cm³/mol. The van der Waals surface area contributed by atoms with E-state index in [9.17, 15) is 14.4 Å². The summed E-state index contributed by atoms with van der Waals surface area (Å²) in [4.78, 5) is 35.7. The molecule has 2 amide bonds. The summed E-state index contributed by atoms with van der Waals surface area (Å²) in [5.41, 5.74) is 8.26. The first-order valence-electron chi connectivity index (χ1n) is 13.0. The molecule has 7 heteroatoms. The van der Waals surface area contributed by atoms with Crippen molar-refractivity contribution in [1.82, 2.24) is 0 Å². The Hall–Kier alpha value is -3.81. The van der Waals surface area contributed by atoms with Crippen LogP contribution in [0.4, 0.5) is 21.0 Å². The molecule has 0 aromatic heterocycles. The maximum Gasteiger partial charge on any atom is 0.283 e. The van der Waals surface area contributed by atoms with Crippen molar-refractivity contribution in [3.8, 4) is 0 Å². The molecule has 0 unspecified atom stereocenters. The minimum Gasteiger partial charge on any atom is -0.317 e. The van der Waals surface area contributed by atoms with Gasteiger partial charge in [0, 0.05) is 24.2 Å². The first-order valence-corrected chi connectivity index (χ1v) is 15.4. The molecule has 204 valence electrons. The van der Waals surface area contributed by atoms with Gasteiger partial charge in [0.05, 0.1) is 0 Å². The molecule has 40 heavy (non-hydrogen) atoms.